The fraction of sp³-hybridized carbons (Fsp3) is 0.684. The summed E-state index contributed by atoms with van der Waals surface area (Å²) in [6.07, 6.45) is 8.81. The van der Waals surface area contributed by atoms with E-state index >= 15 is 0 Å². The number of hydrogen-bond acceptors (Lipinski definition) is 4. The van der Waals surface area contributed by atoms with Gasteiger partial charge < -0.3 is 15.0 Å². The van der Waals surface area contributed by atoms with Crippen LogP contribution in [0.15, 0.2) is 18.3 Å². The highest BCUT2D eigenvalue weighted by molar-refractivity contribution is 5.73. The molecule has 1 aliphatic heterocycles. The SMILES string of the molecule is CC(=O)NC1(COc2ncccc2C)CCCC1.CN1CCCC1. The number of nitrogens with zero attached hydrogens (tertiary/aromatic N) is 2. The van der Waals surface area contributed by atoms with Gasteiger partial charge in [-0.05, 0) is 58.8 Å². The second-order valence-electron chi connectivity index (χ2n) is 7.09. The lowest BCUT2D eigenvalue weighted by Crippen LogP contribution is -2.50. The minimum atomic E-state index is -0.199. The summed E-state index contributed by atoms with van der Waals surface area (Å²) in [7, 11) is 2.17. The standard InChI is InChI=1S/C14H20N2O2.C5H11N/c1-11-6-5-9-15-13(11)18-10-14(16-12(2)17)7-3-4-8-14;1-6-4-2-3-5-6/h5-6,9H,3-4,7-8,10H2,1-2H3,(H,16,17);2-5H2,1H3. The quantitative estimate of drug-likeness (QED) is 0.920. The van der Waals surface area contributed by atoms with Gasteiger partial charge in [-0.1, -0.05) is 18.9 Å². The van der Waals surface area contributed by atoms with Gasteiger partial charge >= 0.3 is 0 Å². The third kappa shape index (κ3) is 5.78. The molecule has 1 aromatic rings. The van der Waals surface area contributed by atoms with Crippen LogP contribution in [0.1, 0.15) is 51.0 Å². The highest BCUT2D eigenvalue weighted by Gasteiger charge is 2.35. The molecule has 5 heteroatoms. The lowest BCUT2D eigenvalue weighted by atomic mass is 9.99. The number of hydrogen-bond donors (Lipinski definition) is 1. The Labute approximate surface area is 145 Å². The van der Waals surface area contributed by atoms with E-state index in [4.69, 9.17) is 4.74 Å². The van der Waals surface area contributed by atoms with Gasteiger partial charge in [-0.3, -0.25) is 4.79 Å². The van der Waals surface area contributed by atoms with Crippen molar-refractivity contribution in [2.45, 2.75) is 57.9 Å². The van der Waals surface area contributed by atoms with Crippen LogP contribution in [0.5, 0.6) is 5.88 Å². The first-order valence-electron chi connectivity index (χ1n) is 9.02. The van der Waals surface area contributed by atoms with Crippen molar-refractivity contribution in [1.82, 2.24) is 15.2 Å². The second kappa shape index (κ2) is 9.02. The molecule has 2 heterocycles. The van der Waals surface area contributed by atoms with E-state index in [0.717, 1.165) is 31.2 Å². The molecule has 0 aromatic carbocycles. The average Bonchev–Trinajstić information content (AvgIpc) is 3.19. The fourth-order valence-electron chi connectivity index (χ4n) is 3.43. The summed E-state index contributed by atoms with van der Waals surface area (Å²) in [5, 5.41) is 3.05. The number of aromatic nitrogens is 1. The van der Waals surface area contributed by atoms with Gasteiger partial charge in [0.1, 0.15) is 6.61 Å². The van der Waals surface area contributed by atoms with E-state index in [1.54, 1.807) is 13.1 Å². The summed E-state index contributed by atoms with van der Waals surface area (Å²) in [6.45, 7) is 6.68. The third-order valence-corrected chi connectivity index (χ3v) is 4.78. The molecule has 1 saturated carbocycles. The Morgan fingerprint density at radius 2 is 1.96 bits per heavy atom. The molecule has 0 spiro atoms. The van der Waals surface area contributed by atoms with Gasteiger partial charge in [0.15, 0.2) is 0 Å². The molecule has 0 atom stereocenters. The van der Waals surface area contributed by atoms with Crippen LogP contribution in [0, 0.1) is 6.92 Å². The lowest BCUT2D eigenvalue weighted by molar-refractivity contribution is -0.121. The normalized spacial score (nSPS) is 19.5. The van der Waals surface area contributed by atoms with Crippen molar-refractivity contribution < 1.29 is 9.53 Å². The third-order valence-electron chi connectivity index (χ3n) is 4.78. The van der Waals surface area contributed by atoms with Crippen LogP contribution < -0.4 is 10.1 Å². The zero-order chi connectivity index (χ0) is 17.4. The van der Waals surface area contributed by atoms with Crippen molar-refractivity contribution in [3.05, 3.63) is 23.9 Å². The summed E-state index contributed by atoms with van der Waals surface area (Å²) in [4.78, 5) is 17.9. The molecule has 0 bridgehead atoms. The van der Waals surface area contributed by atoms with Crippen molar-refractivity contribution in [2.24, 2.45) is 0 Å². The fourth-order valence-corrected chi connectivity index (χ4v) is 3.43. The zero-order valence-corrected chi connectivity index (χ0v) is 15.3. The molecule has 3 rings (SSSR count). The number of carbonyl (C=O) groups is 1. The molecule has 0 unspecified atom stereocenters. The summed E-state index contributed by atoms with van der Waals surface area (Å²) in [6, 6.07) is 3.86. The Morgan fingerprint density at radius 1 is 1.29 bits per heavy atom. The Hall–Kier alpha value is -1.62. The molecule has 2 fully saturated rings. The van der Waals surface area contributed by atoms with Crippen LogP contribution in [-0.2, 0) is 4.79 Å². The van der Waals surface area contributed by atoms with Gasteiger partial charge in [-0.15, -0.1) is 0 Å². The van der Waals surface area contributed by atoms with Gasteiger partial charge in [-0.25, -0.2) is 4.98 Å². The molecule has 5 nitrogen and oxygen atoms in total. The molecule has 1 aromatic heterocycles. The van der Waals surface area contributed by atoms with Crippen LogP contribution in [0.2, 0.25) is 0 Å². The largest absolute Gasteiger partial charge is 0.475 e. The smallest absolute Gasteiger partial charge is 0.217 e. The first-order chi connectivity index (χ1) is 11.5. The Balaban J connectivity index is 0.000000292. The van der Waals surface area contributed by atoms with E-state index in [1.807, 2.05) is 19.1 Å². The average molecular weight is 333 g/mol. The second-order valence-corrected chi connectivity index (χ2v) is 7.09. The van der Waals surface area contributed by atoms with Crippen LogP contribution in [0.25, 0.3) is 0 Å². The number of pyridine rings is 1. The van der Waals surface area contributed by atoms with Gasteiger partial charge in [0.25, 0.3) is 0 Å². The van der Waals surface area contributed by atoms with Crippen molar-refractivity contribution >= 4 is 5.91 Å². The van der Waals surface area contributed by atoms with Crippen molar-refractivity contribution in [3.8, 4) is 5.88 Å². The van der Waals surface area contributed by atoms with Crippen LogP contribution >= 0.6 is 0 Å². The van der Waals surface area contributed by atoms with E-state index in [0.29, 0.717) is 12.5 Å². The maximum Gasteiger partial charge on any atom is 0.217 e. The molecule has 0 radical (unpaired) electrons. The predicted molar refractivity (Wildman–Crippen MR) is 96.2 cm³/mol. The molecule has 24 heavy (non-hydrogen) atoms. The molecule has 1 aliphatic carbocycles. The summed E-state index contributed by atoms with van der Waals surface area (Å²) in [5.41, 5.74) is 0.823. The number of ether oxygens (including phenoxy) is 1. The number of amides is 1. The molecule has 1 amide bonds. The van der Waals surface area contributed by atoms with E-state index in [9.17, 15) is 4.79 Å². The summed E-state index contributed by atoms with van der Waals surface area (Å²) in [5.74, 6) is 0.673. The van der Waals surface area contributed by atoms with E-state index in [-0.39, 0.29) is 11.4 Å². The minimum absolute atomic E-state index is 0.0123. The van der Waals surface area contributed by atoms with Gasteiger partial charge in [0, 0.05) is 18.7 Å². The van der Waals surface area contributed by atoms with Crippen LogP contribution in [0.3, 0.4) is 0 Å². The predicted octanol–water partition coefficient (Wildman–Crippen LogP) is 2.93. The van der Waals surface area contributed by atoms with Gasteiger partial charge in [-0.2, -0.15) is 0 Å². The molecular formula is C19H31N3O2. The molecular weight excluding hydrogens is 302 g/mol. The Bertz CT molecular complexity index is 521. The van der Waals surface area contributed by atoms with E-state index in [2.05, 4.69) is 22.2 Å². The van der Waals surface area contributed by atoms with E-state index in [1.165, 1.54) is 25.9 Å². The Morgan fingerprint density at radius 3 is 2.46 bits per heavy atom. The van der Waals surface area contributed by atoms with E-state index < -0.39 is 0 Å². The van der Waals surface area contributed by atoms with Crippen molar-refractivity contribution in [2.75, 3.05) is 26.7 Å². The zero-order valence-electron chi connectivity index (χ0n) is 15.3. The highest BCUT2D eigenvalue weighted by atomic mass is 16.5. The van der Waals surface area contributed by atoms with Gasteiger partial charge in [0.05, 0.1) is 5.54 Å². The molecule has 1 N–H and O–H groups in total. The lowest BCUT2D eigenvalue weighted by Gasteiger charge is -2.29. The maximum absolute atomic E-state index is 11.3. The number of rotatable bonds is 4. The number of likely N-dealkylation sites (tertiary alicyclic amines) is 1. The number of aryl methyl sites for hydroxylation is 1. The molecule has 1 saturated heterocycles. The Kier molecular flexibility index (Phi) is 7.03. The van der Waals surface area contributed by atoms with Crippen LogP contribution in [-0.4, -0.2) is 48.1 Å². The molecule has 134 valence electrons. The minimum Gasteiger partial charge on any atom is -0.475 e. The number of nitrogens with one attached hydrogen (secondary N) is 1. The van der Waals surface area contributed by atoms with Crippen molar-refractivity contribution in [1.29, 1.82) is 0 Å². The summed E-state index contributed by atoms with van der Waals surface area (Å²) < 4.78 is 5.80. The van der Waals surface area contributed by atoms with Crippen molar-refractivity contribution in [3.63, 3.8) is 0 Å². The highest BCUT2D eigenvalue weighted by Crippen LogP contribution is 2.30. The first kappa shape index (κ1) is 18.7. The van der Waals surface area contributed by atoms with Gasteiger partial charge in [0.2, 0.25) is 11.8 Å². The van der Waals surface area contributed by atoms with Crippen LogP contribution in [0.4, 0.5) is 0 Å². The first-order valence-corrected chi connectivity index (χ1v) is 9.02. The number of carbonyl (C=O) groups excluding carboxylic acids is 1. The monoisotopic (exact) mass is 333 g/mol. The summed E-state index contributed by atoms with van der Waals surface area (Å²) >= 11 is 0. The topological polar surface area (TPSA) is 54.5 Å². The molecule has 2 aliphatic rings. The maximum atomic E-state index is 11.3.